The number of rotatable bonds is 15. The van der Waals surface area contributed by atoms with Crippen molar-refractivity contribution in [3.8, 4) is 0 Å². The summed E-state index contributed by atoms with van der Waals surface area (Å²) in [5, 5.41) is 0. The van der Waals surface area contributed by atoms with Crippen LogP contribution in [0.2, 0.25) is 0 Å². The van der Waals surface area contributed by atoms with Gasteiger partial charge < -0.3 is 23.7 Å². The highest BCUT2D eigenvalue weighted by Gasteiger charge is 2.54. The van der Waals surface area contributed by atoms with Crippen molar-refractivity contribution in [2.24, 2.45) is 0 Å². The maximum atomic E-state index is 14.6. The fourth-order valence-corrected chi connectivity index (χ4v) is 5.75. The van der Waals surface area contributed by atoms with Crippen LogP contribution in [0.1, 0.15) is 27.8 Å². The predicted octanol–water partition coefficient (Wildman–Crippen LogP) is 7.50. The van der Waals surface area contributed by atoms with Crippen molar-refractivity contribution in [2.45, 2.75) is 63.6 Å². The van der Waals surface area contributed by atoms with E-state index in [-0.39, 0.29) is 32.2 Å². The van der Waals surface area contributed by atoms with Gasteiger partial charge in [-0.3, -0.25) is 4.79 Å². The molecular weight excluding hydrogens is 588 g/mol. The van der Waals surface area contributed by atoms with Crippen LogP contribution in [0.3, 0.4) is 0 Å². The van der Waals surface area contributed by atoms with Gasteiger partial charge in [-0.2, -0.15) is 0 Å². The molecule has 0 aromatic heterocycles. The average molecular weight is 629 g/mol. The van der Waals surface area contributed by atoms with Gasteiger partial charge in [-0.05, 0) is 27.8 Å². The molecule has 0 spiro atoms. The molecule has 1 fully saturated rings. The third-order valence-electron chi connectivity index (χ3n) is 8.21. The van der Waals surface area contributed by atoms with Gasteiger partial charge in [0.05, 0.1) is 33.0 Å². The van der Waals surface area contributed by atoms with Crippen molar-refractivity contribution in [1.29, 1.82) is 0 Å². The summed E-state index contributed by atoms with van der Waals surface area (Å²) in [6.45, 7) is 1.31. The summed E-state index contributed by atoms with van der Waals surface area (Å²) < 4.78 is 32.9. The second-order valence-electron chi connectivity index (χ2n) is 11.6. The summed E-state index contributed by atoms with van der Waals surface area (Å²) in [6, 6.07) is 49.4. The second kappa shape index (κ2) is 16.9. The smallest absolute Gasteiger partial charge is 0.195 e. The van der Waals surface area contributed by atoms with Crippen molar-refractivity contribution in [3.63, 3.8) is 0 Å². The lowest BCUT2D eigenvalue weighted by atomic mass is 9.85. The van der Waals surface area contributed by atoms with Crippen molar-refractivity contribution in [1.82, 2.24) is 0 Å². The summed E-state index contributed by atoms with van der Waals surface area (Å²) in [5.41, 5.74) is 4.86. The molecule has 0 amide bonds. The van der Waals surface area contributed by atoms with Gasteiger partial charge in [-0.1, -0.05) is 152 Å². The minimum absolute atomic E-state index is 0.229. The Morgan fingerprint density at radius 1 is 0.319 bits per heavy atom. The highest BCUT2D eigenvalue weighted by molar-refractivity contribution is 5.90. The Kier molecular flexibility index (Phi) is 11.7. The van der Waals surface area contributed by atoms with E-state index in [0.29, 0.717) is 6.61 Å². The number of ether oxygens (including phenoxy) is 5. The van der Waals surface area contributed by atoms with Crippen molar-refractivity contribution < 1.29 is 28.5 Å². The SMILES string of the molecule is O=C1[C@H](OCc2ccccc2)[C@H](OCc2ccccc2)C(OCc2ccccc2)[C@@H](OCc2ccccc2)[C@H]1OCc1ccccc1. The summed E-state index contributed by atoms with van der Waals surface area (Å²) in [6.07, 6.45) is -4.16. The number of carbonyl (C=O) groups is 1. The molecule has 1 saturated carbocycles. The minimum atomic E-state index is -0.961. The van der Waals surface area contributed by atoms with Crippen LogP contribution < -0.4 is 0 Å². The molecule has 0 bridgehead atoms. The van der Waals surface area contributed by atoms with E-state index in [4.69, 9.17) is 23.7 Å². The molecule has 0 saturated heterocycles. The van der Waals surface area contributed by atoms with E-state index in [1.165, 1.54) is 0 Å². The van der Waals surface area contributed by atoms with Crippen molar-refractivity contribution >= 4 is 5.78 Å². The zero-order valence-corrected chi connectivity index (χ0v) is 26.3. The zero-order valence-electron chi connectivity index (χ0n) is 26.3. The first-order chi connectivity index (χ1) is 23.2. The Labute approximate surface area is 276 Å². The maximum absolute atomic E-state index is 14.6. The van der Waals surface area contributed by atoms with Crippen LogP contribution in [0.15, 0.2) is 152 Å². The molecule has 6 rings (SSSR count). The lowest BCUT2D eigenvalue weighted by Gasteiger charge is -2.44. The van der Waals surface area contributed by atoms with Crippen LogP contribution in [0.4, 0.5) is 0 Å². The molecule has 6 nitrogen and oxygen atoms in total. The van der Waals surface area contributed by atoms with Gasteiger partial charge in [0, 0.05) is 0 Å². The van der Waals surface area contributed by atoms with E-state index in [1.807, 2.05) is 152 Å². The maximum Gasteiger partial charge on any atom is 0.195 e. The van der Waals surface area contributed by atoms with Gasteiger partial charge in [0.15, 0.2) is 5.78 Å². The summed E-state index contributed by atoms with van der Waals surface area (Å²) in [7, 11) is 0. The first kappa shape index (κ1) is 32.5. The molecule has 240 valence electrons. The largest absolute Gasteiger partial charge is 0.368 e. The van der Waals surface area contributed by atoms with E-state index in [9.17, 15) is 4.79 Å². The molecule has 5 aromatic carbocycles. The number of hydrogen-bond donors (Lipinski definition) is 0. The van der Waals surface area contributed by atoms with E-state index in [1.54, 1.807) is 0 Å². The lowest BCUT2D eigenvalue weighted by molar-refractivity contribution is -0.238. The second-order valence-corrected chi connectivity index (χ2v) is 11.6. The van der Waals surface area contributed by atoms with Crippen LogP contribution in [-0.2, 0) is 61.5 Å². The lowest BCUT2D eigenvalue weighted by Crippen LogP contribution is -2.65. The molecule has 1 aliphatic rings. The van der Waals surface area contributed by atoms with E-state index in [2.05, 4.69) is 0 Å². The third-order valence-corrected chi connectivity index (χ3v) is 8.21. The van der Waals surface area contributed by atoms with Gasteiger partial charge in [0.2, 0.25) is 0 Å². The van der Waals surface area contributed by atoms with Crippen LogP contribution >= 0.6 is 0 Å². The highest BCUT2D eigenvalue weighted by atomic mass is 16.6. The molecule has 1 aliphatic carbocycles. The standard InChI is InChI=1S/C41H40O6/c42-36-37(43-26-31-16-6-1-7-17-31)39(45-28-33-20-10-3-11-21-33)41(47-30-35-24-14-5-15-25-35)40(46-29-34-22-12-4-13-23-34)38(36)44-27-32-18-8-2-9-19-32/h1-25,37-41H,26-30H2/t37-,38-,39-,40-/m0/s1. The molecular formula is C41H40O6. The first-order valence-electron chi connectivity index (χ1n) is 16.1. The van der Waals surface area contributed by atoms with Crippen LogP contribution in [0, 0.1) is 0 Å². The molecule has 6 heteroatoms. The number of ketones is 1. The number of Topliss-reactive ketones (excluding diaryl/α,β-unsaturated/α-hetero) is 1. The summed E-state index contributed by atoms with van der Waals surface area (Å²) in [5.74, 6) is -0.229. The Balaban J connectivity index is 1.35. The number of carbonyl (C=O) groups excluding carboxylic acids is 1. The van der Waals surface area contributed by atoms with Gasteiger partial charge in [-0.25, -0.2) is 0 Å². The molecule has 47 heavy (non-hydrogen) atoms. The van der Waals surface area contributed by atoms with Crippen molar-refractivity contribution in [3.05, 3.63) is 179 Å². The fourth-order valence-electron chi connectivity index (χ4n) is 5.75. The first-order valence-corrected chi connectivity index (χ1v) is 16.1. The molecule has 4 atom stereocenters. The quantitative estimate of drug-likeness (QED) is 0.120. The monoisotopic (exact) mass is 628 g/mol. The Bertz CT molecular complexity index is 1520. The molecule has 0 aliphatic heterocycles. The highest BCUT2D eigenvalue weighted by Crippen LogP contribution is 2.32. The molecule has 0 unspecified atom stereocenters. The normalized spacial score (nSPS) is 21.0. The van der Waals surface area contributed by atoms with Gasteiger partial charge >= 0.3 is 0 Å². The molecule has 0 heterocycles. The van der Waals surface area contributed by atoms with Gasteiger partial charge in [0.1, 0.15) is 30.5 Å². The van der Waals surface area contributed by atoms with E-state index in [0.717, 1.165) is 27.8 Å². The molecule has 0 N–H and O–H groups in total. The Morgan fingerprint density at radius 3 is 0.830 bits per heavy atom. The van der Waals surface area contributed by atoms with Crippen LogP contribution in [0.5, 0.6) is 0 Å². The summed E-state index contributed by atoms with van der Waals surface area (Å²) in [4.78, 5) is 14.6. The third kappa shape index (κ3) is 9.10. The van der Waals surface area contributed by atoms with Crippen molar-refractivity contribution in [2.75, 3.05) is 0 Å². The number of hydrogen-bond acceptors (Lipinski definition) is 6. The zero-order chi connectivity index (χ0) is 32.1. The Hall–Kier alpha value is -4.43. The molecule has 0 radical (unpaired) electrons. The number of benzene rings is 5. The fraction of sp³-hybridized carbons (Fsp3) is 0.244. The van der Waals surface area contributed by atoms with E-state index >= 15 is 0 Å². The van der Waals surface area contributed by atoms with Gasteiger partial charge in [0.25, 0.3) is 0 Å². The Morgan fingerprint density at radius 2 is 0.553 bits per heavy atom. The summed E-state index contributed by atoms with van der Waals surface area (Å²) >= 11 is 0. The van der Waals surface area contributed by atoms with E-state index < -0.39 is 30.5 Å². The molecule has 5 aromatic rings. The van der Waals surface area contributed by atoms with Crippen LogP contribution in [0.25, 0.3) is 0 Å². The minimum Gasteiger partial charge on any atom is -0.368 e. The average Bonchev–Trinajstić information content (AvgIpc) is 3.14. The topological polar surface area (TPSA) is 63.2 Å². The van der Waals surface area contributed by atoms with Gasteiger partial charge in [-0.15, -0.1) is 0 Å². The predicted molar refractivity (Wildman–Crippen MR) is 180 cm³/mol. The van der Waals surface area contributed by atoms with Crippen LogP contribution in [-0.4, -0.2) is 36.3 Å².